The zero-order valence-corrected chi connectivity index (χ0v) is 12.8. The van der Waals surface area contributed by atoms with Gasteiger partial charge < -0.3 is 9.64 Å². The second-order valence-corrected chi connectivity index (χ2v) is 6.30. The third kappa shape index (κ3) is 2.78. The van der Waals surface area contributed by atoms with Gasteiger partial charge in [0.05, 0.1) is 6.54 Å². The minimum Gasteiger partial charge on any atom is -0.444 e. The summed E-state index contributed by atoms with van der Waals surface area (Å²) in [6, 6.07) is 0. The molecule has 2 rings (SSSR count). The molecule has 0 aromatic carbocycles. The fourth-order valence-electron chi connectivity index (χ4n) is 1.86. The van der Waals surface area contributed by atoms with Gasteiger partial charge in [0.15, 0.2) is 0 Å². The molecule has 0 fully saturated rings. The van der Waals surface area contributed by atoms with Crippen LogP contribution in [0.15, 0.2) is 0 Å². The Morgan fingerprint density at radius 1 is 1.56 bits per heavy atom. The Morgan fingerprint density at radius 3 is 2.89 bits per heavy atom. The van der Waals surface area contributed by atoms with Crippen LogP contribution >= 0.6 is 22.6 Å². The zero-order valence-electron chi connectivity index (χ0n) is 13.7. The highest BCUT2D eigenvalue weighted by Gasteiger charge is 2.28. The quantitative estimate of drug-likeness (QED) is 0.662. The minimum atomic E-state index is -2.29. The Labute approximate surface area is 125 Å². The lowest BCUT2D eigenvalue weighted by Crippen LogP contribution is -2.40. The van der Waals surface area contributed by atoms with E-state index in [1.807, 2.05) is 43.4 Å². The number of ether oxygens (including phenoxy) is 1. The molecule has 0 unspecified atom stereocenters. The molecule has 18 heavy (non-hydrogen) atoms. The van der Waals surface area contributed by atoms with E-state index in [-0.39, 0.29) is 6.09 Å². The molecule has 100 valence electrons. The van der Waals surface area contributed by atoms with Crippen molar-refractivity contribution in [2.75, 3.05) is 6.54 Å². The third-order valence-electron chi connectivity index (χ3n) is 2.66. The fourth-order valence-corrected chi connectivity index (χ4v) is 2.56. The van der Waals surface area contributed by atoms with E-state index < -0.39 is 12.6 Å². The number of fused-ring (bicyclic) bond motifs is 1. The first-order valence-electron chi connectivity index (χ1n) is 7.24. The molecule has 1 amide bonds. The molecule has 0 atom stereocenters. The Hall–Kier alpha value is -0.790. The SMILES string of the molecule is [2H]C([2H])([2H])n1nc(I)c2c1CCN(C(=O)OC(C)(C)C)C2. The molecule has 1 aromatic rings. The standard InChI is InChI=1S/C12H18IN3O2/c1-12(2,3)18-11(17)16-6-5-9-8(7-16)10(13)14-15(9)4/h5-7H2,1-4H3/i4D3. The van der Waals surface area contributed by atoms with Gasteiger partial charge in [-0.15, -0.1) is 0 Å². The highest BCUT2D eigenvalue weighted by Crippen LogP contribution is 2.24. The average Bonchev–Trinajstić information content (AvgIpc) is 2.64. The summed E-state index contributed by atoms with van der Waals surface area (Å²) in [4.78, 5) is 13.7. The zero-order chi connectivity index (χ0) is 16.0. The van der Waals surface area contributed by atoms with Gasteiger partial charge >= 0.3 is 6.09 Å². The number of aryl methyl sites for hydroxylation is 1. The third-order valence-corrected chi connectivity index (χ3v) is 3.53. The van der Waals surface area contributed by atoms with Gasteiger partial charge in [0.1, 0.15) is 9.30 Å². The number of nitrogens with zero attached hydrogens (tertiary/aromatic N) is 3. The molecule has 2 heterocycles. The summed E-state index contributed by atoms with van der Waals surface area (Å²) in [5, 5.41) is 4.09. The highest BCUT2D eigenvalue weighted by molar-refractivity contribution is 14.1. The fraction of sp³-hybridized carbons (Fsp3) is 0.667. The van der Waals surface area contributed by atoms with E-state index in [1.165, 1.54) is 0 Å². The maximum absolute atomic E-state index is 12.1. The molecule has 0 radical (unpaired) electrons. The van der Waals surface area contributed by atoms with Crippen LogP contribution in [0.4, 0.5) is 4.79 Å². The number of aromatic nitrogens is 2. The molecule has 1 aliphatic rings. The molecular weight excluding hydrogens is 345 g/mol. The van der Waals surface area contributed by atoms with Crippen molar-refractivity contribution in [3.8, 4) is 0 Å². The predicted molar refractivity (Wildman–Crippen MR) is 76.3 cm³/mol. The smallest absolute Gasteiger partial charge is 0.410 e. The van der Waals surface area contributed by atoms with Crippen molar-refractivity contribution in [2.24, 2.45) is 6.98 Å². The molecule has 0 bridgehead atoms. The van der Waals surface area contributed by atoms with Gasteiger partial charge in [0, 0.05) is 35.3 Å². The number of carbonyl (C=O) groups excluding carboxylic acids is 1. The maximum atomic E-state index is 12.1. The normalized spacial score (nSPS) is 18.7. The largest absolute Gasteiger partial charge is 0.444 e. The molecule has 0 spiro atoms. The van der Waals surface area contributed by atoms with Crippen LogP contribution in [0.2, 0.25) is 0 Å². The lowest BCUT2D eigenvalue weighted by molar-refractivity contribution is 0.0222. The van der Waals surface area contributed by atoms with Crippen molar-refractivity contribution >= 4 is 28.7 Å². The van der Waals surface area contributed by atoms with Crippen LogP contribution in [-0.4, -0.2) is 32.9 Å². The van der Waals surface area contributed by atoms with Crippen LogP contribution < -0.4 is 0 Å². The van der Waals surface area contributed by atoms with E-state index in [0.29, 0.717) is 28.9 Å². The lowest BCUT2D eigenvalue weighted by atomic mass is 10.1. The van der Waals surface area contributed by atoms with Crippen LogP contribution in [0.3, 0.4) is 0 Å². The first-order valence-corrected chi connectivity index (χ1v) is 6.81. The van der Waals surface area contributed by atoms with Crippen molar-refractivity contribution in [3.05, 3.63) is 15.0 Å². The maximum Gasteiger partial charge on any atom is 0.410 e. The number of carbonyl (C=O) groups is 1. The molecule has 0 N–H and O–H groups in total. The molecule has 1 aromatic heterocycles. The van der Waals surface area contributed by atoms with E-state index in [9.17, 15) is 4.79 Å². The van der Waals surface area contributed by atoms with Crippen molar-refractivity contribution in [1.82, 2.24) is 14.7 Å². The Bertz CT molecular complexity index is 563. The van der Waals surface area contributed by atoms with E-state index in [1.54, 1.807) is 4.90 Å². The summed E-state index contributed by atoms with van der Waals surface area (Å²) in [5.41, 5.74) is 0.927. The summed E-state index contributed by atoms with van der Waals surface area (Å²) >= 11 is 2.01. The van der Waals surface area contributed by atoms with Crippen molar-refractivity contribution in [1.29, 1.82) is 0 Å². The van der Waals surface area contributed by atoms with Crippen LogP contribution in [0, 0.1) is 3.70 Å². The van der Waals surface area contributed by atoms with E-state index in [4.69, 9.17) is 8.85 Å². The van der Waals surface area contributed by atoms with Crippen molar-refractivity contribution in [3.63, 3.8) is 0 Å². The minimum absolute atomic E-state index is 0.332. The number of rotatable bonds is 0. The van der Waals surface area contributed by atoms with Gasteiger partial charge in [-0.25, -0.2) is 4.79 Å². The Balaban J connectivity index is 2.22. The second kappa shape index (κ2) is 4.71. The summed E-state index contributed by atoms with van der Waals surface area (Å²) in [6.45, 7) is 3.92. The molecule has 0 aliphatic carbocycles. The van der Waals surface area contributed by atoms with E-state index in [2.05, 4.69) is 5.10 Å². The van der Waals surface area contributed by atoms with Gasteiger partial charge in [-0.2, -0.15) is 5.10 Å². The first kappa shape index (κ1) is 10.1. The van der Waals surface area contributed by atoms with Gasteiger partial charge in [-0.1, -0.05) is 0 Å². The lowest BCUT2D eigenvalue weighted by Gasteiger charge is -2.30. The van der Waals surface area contributed by atoms with Gasteiger partial charge in [-0.05, 0) is 43.4 Å². The summed E-state index contributed by atoms with van der Waals surface area (Å²) in [6.07, 6.45) is 0.0776. The van der Waals surface area contributed by atoms with Crippen LogP contribution in [0.1, 0.15) is 36.1 Å². The van der Waals surface area contributed by atoms with E-state index >= 15 is 0 Å². The summed E-state index contributed by atoms with van der Waals surface area (Å²) in [5.74, 6) is 0. The highest BCUT2D eigenvalue weighted by atomic mass is 127. The van der Waals surface area contributed by atoms with Crippen molar-refractivity contribution < 1.29 is 13.6 Å². The number of halogens is 1. The average molecular weight is 366 g/mol. The topological polar surface area (TPSA) is 47.4 Å². The van der Waals surface area contributed by atoms with Crippen LogP contribution in [-0.2, 0) is 24.7 Å². The molecule has 5 nitrogen and oxygen atoms in total. The summed E-state index contributed by atoms with van der Waals surface area (Å²) < 4.78 is 29.6. The van der Waals surface area contributed by atoms with Gasteiger partial charge in [0.2, 0.25) is 0 Å². The summed E-state index contributed by atoms with van der Waals surface area (Å²) in [7, 11) is 0. The predicted octanol–water partition coefficient (Wildman–Crippen LogP) is 2.32. The monoisotopic (exact) mass is 366 g/mol. The molecule has 0 saturated heterocycles. The van der Waals surface area contributed by atoms with Crippen molar-refractivity contribution in [2.45, 2.75) is 39.3 Å². The molecule has 0 saturated carbocycles. The Kier molecular flexibility index (Phi) is 2.63. The molecular formula is C12H18IN3O2. The second-order valence-electron chi connectivity index (χ2n) is 5.28. The molecule has 1 aliphatic heterocycles. The van der Waals surface area contributed by atoms with Crippen LogP contribution in [0.5, 0.6) is 0 Å². The van der Waals surface area contributed by atoms with Gasteiger partial charge in [0.25, 0.3) is 0 Å². The van der Waals surface area contributed by atoms with E-state index in [0.717, 1.165) is 10.2 Å². The first-order chi connectivity index (χ1) is 9.49. The molecule has 6 heteroatoms. The number of amides is 1. The van der Waals surface area contributed by atoms with Crippen LogP contribution in [0.25, 0.3) is 0 Å². The number of hydrogen-bond donors (Lipinski definition) is 0. The number of hydrogen-bond acceptors (Lipinski definition) is 3. The Morgan fingerprint density at radius 2 is 2.28 bits per heavy atom. The van der Waals surface area contributed by atoms with Gasteiger partial charge in [-0.3, -0.25) is 4.68 Å².